The Morgan fingerprint density at radius 2 is 2.06 bits per heavy atom. The van der Waals surface area contributed by atoms with E-state index in [1.54, 1.807) is 0 Å². The van der Waals surface area contributed by atoms with Gasteiger partial charge in [-0.05, 0) is 32.5 Å². The summed E-state index contributed by atoms with van der Waals surface area (Å²) in [5.74, 6) is 0.251. The lowest BCUT2D eigenvalue weighted by molar-refractivity contribution is -0.130. The summed E-state index contributed by atoms with van der Waals surface area (Å²) >= 11 is 0. The summed E-state index contributed by atoms with van der Waals surface area (Å²) in [5.41, 5.74) is -0.141. The van der Waals surface area contributed by atoms with Gasteiger partial charge < -0.3 is 15.5 Å². The van der Waals surface area contributed by atoms with Crippen LogP contribution in [0.2, 0.25) is 0 Å². The molecule has 0 radical (unpaired) electrons. The molecule has 1 atom stereocenters. The van der Waals surface area contributed by atoms with Crippen LogP contribution in [-0.2, 0) is 4.79 Å². The van der Waals surface area contributed by atoms with Gasteiger partial charge >= 0.3 is 0 Å². The number of nitrogens with zero attached hydrogens (tertiary/aromatic N) is 1. The monoisotopic (exact) mass is 255 g/mol. The first-order chi connectivity index (χ1) is 8.68. The molecule has 0 aliphatic carbocycles. The van der Waals surface area contributed by atoms with E-state index < -0.39 is 0 Å². The zero-order valence-corrected chi connectivity index (χ0v) is 12.2. The molecule has 0 aromatic rings. The van der Waals surface area contributed by atoms with Crippen LogP contribution in [0.1, 0.15) is 40.0 Å². The van der Waals surface area contributed by atoms with E-state index >= 15 is 0 Å². The Kier molecular flexibility index (Phi) is 6.65. The van der Waals surface area contributed by atoms with E-state index in [9.17, 15) is 4.79 Å². The first kappa shape index (κ1) is 15.4. The lowest BCUT2D eigenvalue weighted by Crippen LogP contribution is -2.45. The van der Waals surface area contributed by atoms with Crippen LogP contribution in [0.25, 0.3) is 0 Å². The van der Waals surface area contributed by atoms with Gasteiger partial charge in [-0.2, -0.15) is 0 Å². The highest BCUT2D eigenvalue weighted by molar-refractivity contribution is 5.83. The van der Waals surface area contributed by atoms with E-state index in [2.05, 4.69) is 36.3 Å². The average Bonchev–Trinajstić information content (AvgIpc) is 2.85. The second-order valence-electron chi connectivity index (χ2n) is 5.24. The molecule has 106 valence electrons. The van der Waals surface area contributed by atoms with Crippen molar-refractivity contribution < 1.29 is 4.79 Å². The zero-order chi connectivity index (χ0) is 13.4. The fourth-order valence-electron chi connectivity index (χ4n) is 2.80. The van der Waals surface area contributed by atoms with Gasteiger partial charge in [-0.25, -0.2) is 0 Å². The van der Waals surface area contributed by atoms with E-state index in [1.807, 2.05) is 0 Å². The molecule has 0 aromatic heterocycles. The van der Waals surface area contributed by atoms with E-state index in [0.29, 0.717) is 0 Å². The van der Waals surface area contributed by atoms with Gasteiger partial charge in [-0.3, -0.25) is 4.79 Å². The molecule has 1 aliphatic rings. The quantitative estimate of drug-likeness (QED) is 0.685. The summed E-state index contributed by atoms with van der Waals surface area (Å²) in [6.07, 6.45) is 3.06. The minimum atomic E-state index is -0.141. The van der Waals surface area contributed by atoms with Crippen molar-refractivity contribution in [3.63, 3.8) is 0 Å². The normalized spacial score (nSPS) is 23.6. The van der Waals surface area contributed by atoms with Crippen molar-refractivity contribution in [2.75, 3.05) is 39.3 Å². The van der Waals surface area contributed by atoms with E-state index in [4.69, 9.17) is 0 Å². The van der Waals surface area contributed by atoms with Crippen molar-refractivity contribution in [1.29, 1.82) is 0 Å². The highest BCUT2D eigenvalue weighted by Gasteiger charge is 2.39. The van der Waals surface area contributed by atoms with Crippen molar-refractivity contribution in [2.45, 2.75) is 40.0 Å². The third-order valence-electron chi connectivity index (χ3n) is 4.06. The maximum Gasteiger partial charge on any atom is 0.227 e. The molecule has 18 heavy (non-hydrogen) atoms. The van der Waals surface area contributed by atoms with E-state index in [1.165, 1.54) is 0 Å². The highest BCUT2D eigenvalue weighted by atomic mass is 16.2. The van der Waals surface area contributed by atoms with Gasteiger partial charge in [0.05, 0.1) is 5.41 Å². The molecule has 4 heteroatoms. The average molecular weight is 255 g/mol. The van der Waals surface area contributed by atoms with Crippen LogP contribution in [0.15, 0.2) is 0 Å². The molecule has 1 aliphatic heterocycles. The molecule has 0 bridgehead atoms. The number of hydrogen-bond donors (Lipinski definition) is 2. The Morgan fingerprint density at radius 1 is 1.33 bits per heavy atom. The number of nitrogens with one attached hydrogen (secondary N) is 2. The number of carbonyl (C=O) groups excluding carboxylic acids is 1. The van der Waals surface area contributed by atoms with Crippen molar-refractivity contribution in [3.8, 4) is 0 Å². The second-order valence-corrected chi connectivity index (χ2v) is 5.24. The van der Waals surface area contributed by atoms with Crippen LogP contribution in [0.5, 0.6) is 0 Å². The predicted molar refractivity (Wildman–Crippen MR) is 75.6 cm³/mol. The molecule has 4 nitrogen and oxygen atoms in total. The zero-order valence-electron chi connectivity index (χ0n) is 12.2. The number of likely N-dealkylation sites (N-methyl/N-ethyl adjacent to an activating group) is 1. The number of amides is 1. The van der Waals surface area contributed by atoms with Crippen molar-refractivity contribution in [2.24, 2.45) is 5.41 Å². The summed E-state index contributed by atoms with van der Waals surface area (Å²) in [4.78, 5) is 14.7. The summed E-state index contributed by atoms with van der Waals surface area (Å²) < 4.78 is 0. The molecule has 0 aromatic carbocycles. The Hall–Kier alpha value is -0.610. The fourth-order valence-corrected chi connectivity index (χ4v) is 2.80. The molecule has 1 fully saturated rings. The summed E-state index contributed by atoms with van der Waals surface area (Å²) in [6, 6.07) is 0. The second kappa shape index (κ2) is 7.74. The van der Waals surface area contributed by atoms with Gasteiger partial charge in [-0.1, -0.05) is 27.2 Å². The Balaban J connectivity index is 2.38. The van der Waals surface area contributed by atoms with Crippen LogP contribution in [0, 0.1) is 5.41 Å². The van der Waals surface area contributed by atoms with Gasteiger partial charge in [0.2, 0.25) is 5.91 Å². The molecule has 1 amide bonds. The third-order valence-corrected chi connectivity index (χ3v) is 4.06. The van der Waals surface area contributed by atoms with Gasteiger partial charge in [0.15, 0.2) is 0 Å². The first-order valence-corrected chi connectivity index (χ1v) is 7.40. The van der Waals surface area contributed by atoms with Crippen LogP contribution in [0.3, 0.4) is 0 Å². The minimum absolute atomic E-state index is 0.141. The Labute approximate surface area is 111 Å². The molecule has 1 rings (SSSR count). The first-order valence-electron chi connectivity index (χ1n) is 7.40. The lowest BCUT2D eigenvalue weighted by atomic mass is 9.81. The van der Waals surface area contributed by atoms with Crippen molar-refractivity contribution >= 4 is 5.91 Å². The van der Waals surface area contributed by atoms with Crippen LogP contribution < -0.4 is 10.6 Å². The van der Waals surface area contributed by atoms with Crippen LogP contribution in [-0.4, -0.2) is 50.1 Å². The van der Waals surface area contributed by atoms with E-state index in [-0.39, 0.29) is 11.3 Å². The van der Waals surface area contributed by atoms with Gasteiger partial charge in [0.1, 0.15) is 0 Å². The summed E-state index contributed by atoms with van der Waals surface area (Å²) in [6.45, 7) is 12.1. The largest absolute Gasteiger partial charge is 0.354 e. The molecule has 0 saturated carbocycles. The van der Waals surface area contributed by atoms with Crippen LogP contribution >= 0.6 is 0 Å². The maximum absolute atomic E-state index is 12.3. The molecule has 1 unspecified atom stereocenters. The molecule has 0 spiro atoms. The predicted octanol–water partition coefficient (Wildman–Crippen LogP) is 1.22. The molecule has 2 N–H and O–H groups in total. The number of carbonyl (C=O) groups is 1. The Morgan fingerprint density at radius 3 is 2.56 bits per heavy atom. The maximum atomic E-state index is 12.3. The van der Waals surface area contributed by atoms with Crippen LogP contribution in [0.4, 0.5) is 0 Å². The lowest BCUT2D eigenvalue weighted by Gasteiger charge is -2.27. The molecular formula is C14H29N3O. The number of hydrogen-bond acceptors (Lipinski definition) is 3. The van der Waals surface area contributed by atoms with Crippen molar-refractivity contribution in [3.05, 3.63) is 0 Å². The highest BCUT2D eigenvalue weighted by Crippen LogP contribution is 2.31. The van der Waals surface area contributed by atoms with E-state index in [0.717, 1.165) is 58.5 Å². The minimum Gasteiger partial charge on any atom is -0.354 e. The Bertz CT molecular complexity index is 245. The smallest absolute Gasteiger partial charge is 0.227 e. The van der Waals surface area contributed by atoms with Crippen molar-refractivity contribution in [1.82, 2.24) is 15.5 Å². The summed E-state index contributed by atoms with van der Waals surface area (Å²) in [7, 11) is 0. The third kappa shape index (κ3) is 3.95. The van der Waals surface area contributed by atoms with Gasteiger partial charge in [0, 0.05) is 19.6 Å². The standard InChI is InChI=1S/C14H29N3O/c1-4-7-14(8-9-15-12-14)13(18)16-10-11-17(5-2)6-3/h15H,4-12H2,1-3H3,(H,16,18). The molecule has 1 heterocycles. The SMILES string of the molecule is CCCC1(C(=O)NCCN(CC)CC)CCNC1. The molecular weight excluding hydrogens is 226 g/mol. The van der Waals surface area contributed by atoms with Gasteiger partial charge in [-0.15, -0.1) is 0 Å². The fraction of sp³-hybridized carbons (Fsp3) is 0.929. The topological polar surface area (TPSA) is 44.4 Å². The summed E-state index contributed by atoms with van der Waals surface area (Å²) in [5, 5.41) is 6.46. The van der Waals surface area contributed by atoms with Gasteiger partial charge in [0.25, 0.3) is 0 Å². The number of rotatable bonds is 8. The molecule has 1 saturated heterocycles.